The van der Waals surface area contributed by atoms with Crippen LogP contribution in [0.15, 0.2) is 24.3 Å². The first-order chi connectivity index (χ1) is 13.6. The number of nitrogens with one attached hydrogen (secondary N) is 2. The predicted octanol–water partition coefficient (Wildman–Crippen LogP) is 2.05. The number of amides is 1. The molecule has 0 spiro atoms. The number of hydrogen-bond acceptors (Lipinski definition) is 5. The summed E-state index contributed by atoms with van der Waals surface area (Å²) in [4.78, 5) is 15.6. The van der Waals surface area contributed by atoms with E-state index < -0.39 is 0 Å². The molecule has 0 saturated carbocycles. The Morgan fingerprint density at radius 2 is 2.14 bits per heavy atom. The molecule has 0 radical (unpaired) electrons. The van der Waals surface area contributed by atoms with Gasteiger partial charge in [-0.3, -0.25) is 14.7 Å². The summed E-state index contributed by atoms with van der Waals surface area (Å²) >= 11 is 0. The van der Waals surface area contributed by atoms with Gasteiger partial charge in [0.05, 0.1) is 5.92 Å². The molecule has 1 amide bonds. The second-order valence-electron chi connectivity index (χ2n) is 8.68. The number of ether oxygens (including phenoxy) is 1. The molecule has 3 aliphatic heterocycles. The van der Waals surface area contributed by atoms with Crippen LogP contribution in [0.1, 0.15) is 36.3 Å². The van der Waals surface area contributed by atoms with Gasteiger partial charge < -0.3 is 10.1 Å². The predicted molar refractivity (Wildman–Crippen MR) is 110 cm³/mol. The van der Waals surface area contributed by atoms with E-state index in [1.807, 2.05) is 7.05 Å². The highest BCUT2D eigenvalue weighted by Gasteiger charge is 2.41. The normalized spacial score (nSPS) is 29.5. The quantitative estimate of drug-likeness (QED) is 0.784. The molecule has 5 rings (SSSR count). The Hall–Kier alpha value is -1.89. The third-order valence-corrected chi connectivity index (χ3v) is 6.87. The zero-order valence-corrected chi connectivity index (χ0v) is 16.8. The van der Waals surface area contributed by atoms with Gasteiger partial charge in [0, 0.05) is 57.0 Å². The molecule has 3 atom stereocenters. The Kier molecular flexibility index (Phi) is 4.65. The first kappa shape index (κ1) is 18.2. The molecule has 1 aliphatic carbocycles. The van der Waals surface area contributed by atoms with E-state index in [1.165, 1.54) is 22.4 Å². The van der Waals surface area contributed by atoms with E-state index in [4.69, 9.17) is 4.74 Å². The van der Waals surface area contributed by atoms with E-state index in [0.29, 0.717) is 18.0 Å². The van der Waals surface area contributed by atoms with Crippen LogP contribution in [0, 0.1) is 5.92 Å². The average molecular weight is 383 g/mol. The van der Waals surface area contributed by atoms with Crippen molar-refractivity contribution in [3.8, 4) is 0 Å². The summed E-state index contributed by atoms with van der Waals surface area (Å²) in [5.41, 5.74) is 8.80. The second-order valence-corrected chi connectivity index (χ2v) is 8.68. The van der Waals surface area contributed by atoms with Gasteiger partial charge in [0.1, 0.15) is 0 Å². The molecule has 1 saturated heterocycles. The topological polar surface area (TPSA) is 56.8 Å². The summed E-state index contributed by atoms with van der Waals surface area (Å²) < 4.78 is 5.42. The molecule has 0 bridgehead atoms. The number of likely N-dealkylation sites (N-methyl/N-ethyl adjacent to an activating group) is 1. The monoisotopic (exact) mass is 382 g/mol. The van der Waals surface area contributed by atoms with Gasteiger partial charge in [-0.1, -0.05) is 18.2 Å². The smallest absolute Gasteiger partial charge is 0.244 e. The summed E-state index contributed by atoms with van der Waals surface area (Å²) in [7, 11) is 4.03. The van der Waals surface area contributed by atoms with Crippen molar-refractivity contribution in [2.24, 2.45) is 5.92 Å². The number of hydrogen-bond donors (Lipinski definition) is 2. The number of nitrogens with zero attached hydrogens (tertiary/aromatic N) is 2. The molecular formula is C22H30N4O2. The van der Waals surface area contributed by atoms with Crippen LogP contribution in [0.5, 0.6) is 0 Å². The lowest BCUT2D eigenvalue weighted by atomic mass is 9.74. The number of carbonyl (C=O) groups is 1. The highest BCUT2D eigenvalue weighted by atomic mass is 16.5. The molecule has 1 aromatic carbocycles. The lowest BCUT2D eigenvalue weighted by Crippen LogP contribution is -2.52. The SMILES string of the molecule is CN(NC1CCOCC1)C(=O)C1C=C2c3cccc4c3C(CN4)CC2N(C)C1. The Balaban J connectivity index is 1.40. The van der Waals surface area contributed by atoms with E-state index in [1.54, 1.807) is 5.01 Å². The summed E-state index contributed by atoms with van der Waals surface area (Å²) in [5.74, 6) is 0.619. The number of benzene rings is 1. The van der Waals surface area contributed by atoms with Gasteiger partial charge in [0.2, 0.25) is 5.91 Å². The van der Waals surface area contributed by atoms with Gasteiger partial charge in [0.15, 0.2) is 0 Å². The minimum Gasteiger partial charge on any atom is -0.384 e. The molecule has 4 aliphatic rings. The van der Waals surface area contributed by atoms with Crippen molar-refractivity contribution in [3.63, 3.8) is 0 Å². The van der Waals surface area contributed by atoms with Crippen LogP contribution in [-0.4, -0.2) is 68.3 Å². The van der Waals surface area contributed by atoms with Crippen LogP contribution >= 0.6 is 0 Å². The average Bonchev–Trinajstić information content (AvgIpc) is 3.13. The fourth-order valence-corrected chi connectivity index (χ4v) is 5.41. The van der Waals surface area contributed by atoms with Crippen molar-refractivity contribution >= 4 is 17.2 Å². The maximum atomic E-state index is 13.2. The summed E-state index contributed by atoms with van der Waals surface area (Å²) in [6.07, 6.45) is 5.29. The van der Waals surface area contributed by atoms with Crippen LogP contribution in [0.25, 0.3) is 5.57 Å². The lowest BCUT2D eigenvalue weighted by molar-refractivity contribution is -0.137. The Bertz CT molecular complexity index is 802. The molecule has 6 nitrogen and oxygen atoms in total. The van der Waals surface area contributed by atoms with Crippen molar-refractivity contribution in [2.45, 2.75) is 37.3 Å². The zero-order valence-electron chi connectivity index (χ0n) is 16.8. The number of rotatable bonds is 3. The molecule has 150 valence electrons. The number of carbonyl (C=O) groups excluding carboxylic acids is 1. The van der Waals surface area contributed by atoms with E-state index in [0.717, 1.165) is 45.6 Å². The molecular weight excluding hydrogens is 352 g/mol. The van der Waals surface area contributed by atoms with Crippen molar-refractivity contribution in [3.05, 3.63) is 35.4 Å². The van der Waals surface area contributed by atoms with Gasteiger partial charge in [-0.2, -0.15) is 0 Å². The van der Waals surface area contributed by atoms with Crippen LogP contribution in [-0.2, 0) is 9.53 Å². The van der Waals surface area contributed by atoms with Crippen LogP contribution in [0.2, 0.25) is 0 Å². The van der Waals surface area contributed by atoms with Crippen molar-refractivity contribution in [2.75, 3.05) is 45.7 Å². The number of fused-ring (bicyclic) bond motifs is 2. The maximum absolute atomic E-state index is 13.2. The zero-order chi connectivity index (χ0) is 19.3. The largest absolute Gasteiger partial charge is 0.384 e. The van der Waals surface area contributed by atoms with Gasteiger partial charge >= 0.3 is 0 Å². The molecule has 6 heteroatoms. The maximum Gasteiger partial charge on any atom is 0.244 e. The number of hydrazine groups is 1. The molecule has 3 unspecified atom stereocenters. The van der Waals surface area contributed by atoms with Gasteiger partial charge in [0.25, 0.3) is 0 Å². The molecule has 28 heavy (non-hydrogen) atoms. The van der Waals surface area contributed by atoms with E-state index in [-0.39, 0.29) is 11.8 Å². The molecule has 2 N–H and O–H groups in total. The minimum absolute atomic E-state index is 0.115. The summed E-state index contributed by atoms with van der Waals surface area (Å²) in [6, 6.07) is 7.28. The second kappa shape index (κ2) is 7.17. The Labute approximate surface area is 166 Å². The van der Waals surface area contributed by atoms with Crippen molar-refractivity contribution in [1.29, 1.82) is 0 Å². The standard InChI is InChI=1S/C22H30N4O2/c1-25-13-15(22(27)26(2)24-16-6-8-28-9-7-16)10-18-17-4-3-5-19-21(17)14(12-23-19)11-20(18)25/h3-5,10,14-16,20,23-24H,6-9,11-13H2,1-2H3. The highest BCUT2D eigenvalue weighted by molar-refractivity contribution is 5.87. The van der Waals surface area contributed by atoms with Gasteiger partial charge in [-0.25, -0.2) is 5.43 Å². The van der Waals surface area contributed by atoms with Crippen LogP contribution in [0.4, 0.5) is 5.69 Å². The first-order valence-corrected chi connectivity index (χ1v) is 10.5. The van der Waals surface area contributed by atoms with E-state index in [9.17, 15) is 4.79 Å². The third kappa shape index (κ3) is 3.04. The van der Waals surface area contributed by atoms with Crippen molar-refractivity contribution in [1.82, 2.24) is 15.3 Å². The first-order valence-electron chi connectivity index (χ1n) is 10.5. The molecule has 0 aromatic heterocycles. The summed E-state index contributed by atoms with van der Waals surface area (Å²) in [6.45, 7) is 3.35. The fraction of sp³-hybridized carbons (Fsp3) is 0.591. The Morgan fingerprint density at radius 3 is 2.96 bits per heavy atom. The van der Waals surface area contributed by atoms with E-state index >= 15 is 0 Å². The Morgan fingerprint density at radius 1 is 1.32 bits per heavy atom. The lowest BCUT2D eigenvalue weighted by Gasteiger charge is -2.42. The minimum atomic E-state index is -0.115. The molecule has 1 aromatic rings. The highest BCUT2D eigenvalue weighted by Crippen LogP contribution is 2.48. The van der Waals surface area contributed by atoms with Gasteiger partial charge in [-0.15, -0.1) is 0 Å². The fourth-order valence-electron chi connectivity index (χ4n) is 5.41. The number of anilines is 1. The summed E-state index contributed by atoms with van der Waals surface area (Å²) in [5, 5.41) is 5.28. The molecule has 3 heterocycles. The van der Waals surface area contributed by atoms with Crippen LogP contribution < -0.4 is 10.7 Å². The van der Waals surface area contributed by atoms with Crippen molar-refractivity contribution < 1.29 is 9.53 Å². The third-order valence-electron chi connectivity index (χ3n) is 6.87. The van der Waals surface area contributed by atoms with E-state index in [2.05, 4.69) is 47.0 Å². The van der Waals surface area contributed by atoms with Gasteiger partial charge in [-0.05, 0) is 49.1 Å². The molecule has 1 fully saturated rings. The van der Waals surface area contributed by atoms with Crippen LogP contribution in [0.3, 0.4) is 0 Å².